The second-order valence-corrected chi connectivity index (χ2v) is 0.556. The van der Waals surface area contributed by atoms with Crippen molar-refractivity contribution in [3.05, 3.63) is 0 Å². The molecular formula is H2BF3O4. The molecule has 0 saturated heterocycles. The van der Waals surface area contributed by atoms with Crippen LogP contribution >= 0.6 is 0 Å². The molecule has 0 aliphatic heterocycles. The average molecular weight is 134 g/mol. The van der Waals surface area contributed by atoms with E-state index in [9.17, 15) is 13.6 Å². The van der Waals surface area contributed by atoms with Gasteiger partial charge < -0.3 is 5.48 Å². The highest BCUT2D eigenvalue weighted by Crippen LogP contribution is 1.91. The van der Waals surface area contributed by atoms with Crippen LogP contribution in [0.2, 0.25) is 0 Å². The maximum atomic E-state index is 10.4. The normalized spacial score (nSPS) is 7.88. The van der Waals surface area contributed by atoms with E-state index < -0.39 is 7.32 Å². The summed E-state index contributed by atoms with van der Waals surface area (Å²) in [6.45, 7) is 0. The van der Waals surface area contributed by atoms with Gasteiger partial charge in [0.05, 0.1) is 0 Å². The molecule has 0 spiro atoms. The molecule has 0 rings (SSSR count). The molecule has 8 heteroatoms. The lowest BCUT2D eigenvalue weighted by atomic mass is 10.3. The van der Waals surface area contributed by atoms with E-state index in [0.717, 1.165) is 0 Å². The smallest absolute Gasteiger partial charge is 0.412 e. The van der Waals surface area contributed by atoms with Crippen molar-refractivity contribution in [1.82, 2.24) is 0 Å². The molecule has 0 fully saturated rings. The first-order valence-corrected chi connectivity index (χ1v) is 1.17. The van der Waals surface area contributed by atoms with Crippen LogP contribution < -0.4 is 0 Å². The summed E-state index contributed by atoms with van der Waals surface area (Å²) in [5, 5.41) is 0. The highest BCUT2D eigenvalue weighted by molar-refractivity contribution is 6.35. The zero-order valence-electron chi connectivity index (χ0n) is 3.44. The first kappa shape index (κ1) is 10.6. The van der Waals surface area contributed by atoms with Crippen LogP contribution in [0, 0.1) is 0 Å². The Morgan fingerprint density at radius 2 is 1.12 bits per heavy atom. The molecule has 0 radical (unpaired) electrons. The number of hydrogen-bond donors (Lipinski definition) is 0. The van der Waals surface area contributed by atoms with Crippen LogP contribution in [0.5, 0.6) is 0 Å². The van der Waals surface area contributed by atoms with E-state index in [4.69, 9.17) is 0 Å². The lowest BCUT2D eigenvalue weighted by Crippen LogP contribution is -2.15. The monoisotopic (exact) mass is 134 g/mol. The van der Waals surface area contributed by atoms with Crippen molar-refractivity contribution >= 4 is 7.32 Å². The van der Waals surface area contributed by atoms with Crippen molar-refractivity contribution in [1.29, 1.82) is 0 Å². The Bertz CT molecular complexity index is 32.8. The molecule has 50 valence electrons. The molecular weight excluding hydrogens is 132 g/mol. The zero-order chi connectivity index (χ0) is 5.70. The molecule has 0 heterocycles. The van der Waals surface area contributed by atoms with E-state index in [1.54, 1.807) is 0 Å². The summed E-state index contributed by atoms with van der Waals surface area (Å²) in [4.78, 5) is 7.06. The van der Waals surface area contributed by atoms with Gasteiger partial charge in [0.15, 0.2) is 0 Å². The van der Waals surface area contributed by atoms with Crippen molar-refractivity contribution in [2.24, 2.45) is 0 Å². The fourth-order valence-corrected chi connectivity index (χ4v) is 0.0412. The Labute approximate surface area is 42.3 Å². The molecule has 8 heavy (non-hydrogen) atoms. The maximum absolute atomic E-state index is 10.4. The first-order valence-electron chi connectivity index (χ1n) is 1.17. The van der Waals surface area contributed by atoms with Gasteiger partial charge in [0.25, 0.3) is 0 Å². The topological polar surface area (TPSA) is 59.2 Å². The molecule has 2 N–H and O–H groups in total. The van der Waals surface area contributed by atoms with E-state index in [1.807, 2.05) is 0 Å². The van der Waals surface area contributed by atoms with Gasteiger partial charge in [0.1, 0.15) is 0 Å². The predicted octanol–water partition coefficient (Wildman–Crippen LogP) is -0.150. The summed E-state index contributed by atoms with van der Waals surface area (Å²) >= 11 is 0. The molecule has 0 aromatic rings. The molecule has 0 amide bonds. The standard InChI is InChI=1S/BF3O3.H2O/c2-5-1(6-3)7-4;/h;1H2. The van der Waals surface area contributed by atoms with Crippen LogP contribution in [0.1, 0.15) is 0 Å². The third-order valence-corrected chi connectivity index (χ3v) is 0.218. The van der Waals surface area contributed by atoms with Gasteiger partial charge in [-0.05, 0) is 0 Å². The molecule has 0 unspecified atom stereocenters. The van der Waals surface area contributed by atoms with Crippen molar-refractivity contribution in [2.75, 3.05) is 0 Å². The molecule has 0 atom stereocenters. The lowest BCUT2D eigenvalue weighted by molar-refractivity contribution is -0.190. The van der Waals surface area contributed by atoms with E-state index in [0.29, 0.717) is 0 Å². The molecule has 0 aliphatic carbocycles. The summed E-state index contributed by atoms with van der Waals surface area (Å²) in [5.41, 5.74) is 0. The van der Waals surface area contributed by atoms with Gasteiger partial charge >= 0.3 is 7.32 Å². The first-order chi connectivity index (χ1) is 3.35. The summed E-state index contributed by atoms with van der Waals surface area (Å²) < 4.78 is 31.3. The minimum Gasteiger partial charge on any atom is -0.412 e. The Morgan fingerprint density at radius 3 is 1.12 bits per heavy atom. The van der Waals surface area contributed by atoms with Crippen molar-refractivity contribution < 1.29 is 33.6 Å². The van der Waals surface area contributed by atoms with E-state index in [-0.39, 0.29) is 5.48 Å². The van der Waals surface area contributed by atoms with Crippen LogP contribution in [0.3, 0.4) is 0 Å². The Hall–Kier alpha value is -0.305. The van der Waals surface area contributed by atoms with Crippen molar-refractivity contribution in [3.63, 3.8) is 0 Å². The van der Waals surface area contributed by atoms with Crippen LogP contribution in [-0.2, 0) is 14.6 Å². The minimum absolute atomic E-state index is 0. The zero-order valence-corrected chi connectivity index (χ0v) is 3.44. The summed E-state index contributed by atoms with van der Waals surface area (Å²) in [6.07, 6.45) is 0. The Kier molecular flexibility index (Phi) is 8.90. The third-order valence-electron chi connectivity index (χ3n) is 0.218. The summed E-state index contributed by atoms with van der Waals surface area (Å²) in [5.74, 6) is 0. The van der Waals surface area contributed by atoms with Crippen LogP contribution in [0.25, 0.3) is 0 Å². The maximum Gasteiger partial charge on any atom is 0.737 e. The second-order valence-electron chi connectivity index (χ2n) is 0.556. The number of hydrogen-bond acceptors (Lipinski definition) is 3. The molecule has 0 saturated carbocycles. The highest BCUT2D eigenvalue weighted by atomic mass is 19.3. The van der Waals surface area contributed by atoms with Crippen LogP contribution in [-0.4, -0.2) is 12.8 Å². The van der Waals surface area contributed by atoms with Crippen molar-refractivity contribution in [3.8, 4) is 0 Å². The summed E-state index contributed by atoms with van der Waals surface area (Å²) in [7, 11) is -2.51. The predicted molar refractivity (Wildman–Crippen MR) is 15.9 cm³/mol. The fraction of sp³-hybridized carbons (Fsp3) is 0. The molecule has 0 aliphatic rings. The van der Waals surface area contributed by atoms with Gasteiger partial charge in [-0.3, -0.25) is 0 Å². The van der Waals surface area contributed by atoms with Gasteiger partial charge in [0.2, 0.25) is 0 Å². The lowest BCUT2D eigenvalue weighted by Gasteiger charge is -1.88. The van der Waals surface area contributed by atoms with Crippen LogP contribution in [0.15, 0.2) is 0 Å². The Morgan fingerprint density at radius 1 is 0.875 bits per heavy atom. The molecule has 4 nitrogen and oxygen atoms in total. The van der Waals surface area contributed by atoms with Gasteiger partial charge in [-0.15, -0.1) is 0 Å². The fourth-order valence-electron chi connectivity index (χ4n) is 0.0412. The Balaban J connectivity index is 0. The van der Waals surface area contributed by atoms with Gasteiger partial charge in [-0.2, -0.15) is 14.6 Å². The van der Waals surface area contributed by atoms with Crippen LogP contribution in [0.4, 0.5) is 13.6 Å². The molecule has 0 aromatic carbocycles. The van der Waals surface area contributed by atoms with Crippen molar-refractivity contribution in [2.45, 2.75) is 0 Å². The second kappa shape index (κ2) is 6.69. The van der Waals surface area contributed by atoms with Gasteiger partial charge in [-0.1, -0.05) is 13.6 Å². The third kappa shape index (κ3) is 3.87. The molecule has 0 aromatic heterocycles. The van der Waals surface area contributed by atoms with E-state index in [2.05, 4.69) is 14.6 Å². The SMILES string of the molecule is FOB(OF)OF.O. The van der Waals surface area contributed by atoms with Gasteiger partial charge in [0, 0.05) is 0 Å². The minimum atomic E-state index is -2.51. The summed E-state index contributed by atoms with van der Waals surface area (Å²) in [6, 6.07) is 0. The average Bonchev–Trinajstić information content (AvgIpc) is 1.72. The number of halogens is 3. The van der Waals surface area contributed by atoms with Gasteiger partial charge in [-0.25, -0.2) is 0 Å². The highest BCUT2D eigenvalue weighted by Gasteiger charge is 2.24. The van der Waals surface area contributed by atoms with E-state index in [1.165, 1.54) is 0 Å². The quantitative estimate of drug-likeness (QED) is 0.504. The largest absolute Gasteiger partial charge is 0.737 e. The molecule has 0 bridgehead atoms. The van der Waals surface area contributed by atoms with E-state index >= 15 is 0 Å². The number of rotatable bonds is 3.